The van der Waals surface area contributed by atoms with Gasteiger partial charge < -0.3 is 15.5 Å². The molecule has 0 saturated carbocycles. The van der Waals surface area contributed by atoms with Crippen LogP contribution in [0.4, 0.5) is 5.69 Å². The molecule has 0 aliphatic carbocycles. The van der Waals surface area contributed by atoms with Gasteiger partial charge in [0.1, 0.15) is 0 Å². The van der Waals surface area contributed by atoms with Gasteiger partial charge in [0, 0.05) is 23.7 Å². The van der Waals surface area contributed by atoms with Crippen LogP contribution >= 0.6 is 11.6 Å². The number of halogens is 1. The molecule has 2 N–H and O–H groups in total. The van der Waals surface area contributed by atoms with E-state index < -0.39 is 0 Å². The van der Waals surface area contributed by atoms with Gasteiger partial charge in [-0.3, -0.25) is 4.79 Å². The second-order valence-corrected chi connectivity index (χ2v) is 5.60. The third-order valence-corrected chi connectivity index (χ3v) is 3.20. The fourth-order valence-electron chi connectivity index (χ4n) is 1.79. The predicted octanol–water partition coefficient (Wildman–Crippen LogP) is 2.52. The standard InChI is InChI=1S/C15H24ClN3O/c1-12-5-6-13(16)11-14(12)18-15(20)7-9-17-8-4-10-19(2)3/h5-6,11,17H,4,7-10H2,1-3H3,(H,18,20). The molecule has 0 aliphatic heterocycles. The molecule has 0 radical (unpaired) electrons. The van der Waals surface area contributed by atoms with Crippen LogP contribution in [0.25, 0.3) is 0 Å². The van der Waals surface area contributed by atoms with Crippen molar-refractivity contribution in [3.05, 3.63) is 28.8 Å². The number of hydrogen-bond donors (Lipinski definition) is 2. The summed E-state index contributed by atoms with van der Waals surface area (Å²) >= 11 is 5.92. The van der Waals surface area contributed by atoms with Crippen LogP contribution in [-0.4, -0.2) is 44.5 Å². The summed E-state index contributed by atoms with van der Waals surface area (Å²) in [6.45, 7) is 4.63. The van der Waals surface area contributed by atoms with Crippen molar-refractivity contribution in [3.8, 4) is 0 Å². The Morgan fingerprint density at radius 2 is 2.05 bits per heavy atom. The van der Waals surface area contributed by atoms with Crippen LogP contribution in [0, 0.1) is 6.92 Å². The number of benzene rings is 1. The minimum absolute atomic E-state index is 0.00970. The molecule has 0 saturated heterocycles. The third kappa shape index (κ3) is 6.89. The molecule has 1 rings (SSSR count). The van der Waals surface area contributed by atoms with Gasteiger partial charge >= 0.3 is 0 Å². The lowest BCUT2D eigenvalue weighted by Gasteiger charge is -2.11. The van der Waals surface area contributed by atoms with Crippen LogP contribution in [0.15, 0.2) is 18.2 Å². The Morgan fingerprint density at radius 3 is 2.75 bits per heavy atom. The van der Waals surface area contributed by atoms with Crippen LogP contribution in [0.5, 0.6) is 0 Å². The first kappa shape index (κ1) is 17.0. The van der Waals surface area contributed by atoms with Crippen molar-refractivity contribution in [2.24, 2.45) is 0 Å². The molecule has 112 valence electrons. The molecule has 1 aromatic carbocycles. The molecule has 20 heavy (non-hydrogen) atoms. The van der Waals surface area contributed by atoms with E-state index in [2.05, 4.69) is 29.6 Å². The predicted molar refractivity (Wildman–Crippen MR) is 85.5 cm³/mol. The van der Waals surface area contributed by atoms with Gasteiger partial charge in [0.05, 0.1) is 0 Å². The average Bonchev–Trinajstić information content (AvgIpc) is 2.37. The summed E-state index contributed by atoms with van der Waals surface area (Å²) in [5.41, 5.74) is 1.80. The third-order valence-electron chi connectivity index (χ3n) is 2.96. The number of nitrogens with zero attached hydrogens (tertiary/aromatic N) is 1. The molecule has 0 heterocycles. The maximum Gasteiger partial charge on any atom is 0.225 e. The van der Waals surface area contributed by atoms with E-state index in [1.807, 2.05) is 19.1 Å². The normalized spacial score (nSPS) is 10.8. The second-order valence-electron chi connectivity index (χ2n) is 5.16. The number of nitrogens with one attached hydrogen (secondary N) is 2. The van der Waals surface area contributed by atoms with Crippen LogP contribution < -0.4 is 10.6 Å². The zero-order valence-corrected chi connectivity index (χ0v) is 13.3. The van der Waals surface area contributed by atoms with Gasteiger partial charge in [-0.15, -0.1) is 0 Å². The van der Waals surface area contributed by atoms with E-state index >= 15 is 0 Å². The fraction of sp³-hybridized carbons (Fsp3) is 0.533. The number of carbonyl (C=O) groups is 1. The monoisotopic (exact) mass is 297 g/mol. The van der Waals surface area contributed by atoms with Crippen LogP contribution in [0.1, 0.15) is 18.4 Å². The van der Waals surface area contributed by atoms with Crippen LogP contribution in [0.2, 0.25) is 5.02 Å². The van der Waals surface area contributed by atoms with Crippen molar-refractivity contribution in [1.29, 1.82) is 0 Å². The summed E-state index contributed by atoms with van der Waals surface area (Å²) in [5, 5.41) is 6.79. The lowest BCUT2D eigenvalue weighted by Crippen LogP contribution is -2.25. The molecule has 5 heteroatoms. The molecule has 0 bridgehead atoms. The van der Waals surface area contributed by atoms with Crippen molar-refractivity contribution >= 4 is 23.2 Å². The summed E-state index contributed by atoms with van der Waals surface area (Å²) in [6, 6.07) is 5.50. The first-order valence-electron chi connectivity index (χ1n) is 6.90. The maximum atomic E-state index is 11.8. The van der Waals surface area contributed by atoms with E-state index in [0.29, 0.717) is 18.0 Å². The Kier molecular flexibility index (Phi) is 7.59. The van der Waals surface area contributed by atoms with E-state index in [4.69, 9.17) is 11.6 Å². The van der Waals surface area contributed by atoms with Gasteiger partial charge in [0.25, 0.3) is 0 Å². The van der Waals surface area contributed by atoms with Crippen LogP contribution in [0.3, 0.4) is 0 Å². The SMILES string of the molecule is Cc1ccc(Cl)cc1NC(=O)CCNCCCN(C)C. The van der Waals surface area contributed by atoms with Crippen molar-refractivity contribution < 1.29 is 4.79 Å². The Labute approximate surface area is 126 Å². The summed E-state index contributed by atoms with van der Waals surface area (Å²) in [4.78, 5) is 14.0. The fourth-order valence-corrected chi connectivity index (χ4v) is 1.96. The van der Waals surface area contributed by atoms with E-state index in [0.717, 1.165) is 30.8 Å². The summed E-state index contributed by atoms with van der Waals surface area (Å²) in [6.07, 6.45) is 1.55. The molecule has 0 unspecified atom stereocenters. The van der Waals surface area contributed by atoms with Crippen molar-refractivity contribution in [3.63, 3.8) is 0 Å². The lowest BCUT2D eigenvalue weighted by atomic mass is 10.2. The zero-order valence-electron chi connectivity index (χ0n) is 12.5. The molecule has 0 fully saturated rings. The van der Waals surface area contributed by atoms with Gasteiger partial charge in [-0.2, -0.15) is 0 Å². The van der Waals surface area contributed by atoms with E-state index in [-0.39, 0.29) is 5.91 Å². The van der Waals surface area contributed by atoms with Gasteiger partial charge in [-0.05, 0) is 58.2 Å². The topological polar surface area (TPSA) is 44.4 Å². The summed E-state index contributed by atoms with van der Waals surface area (Å²) < 4.78 is 0. The van der Waals surface area contributed by atoms with E-state index in [1.54, 1.807) is 6.07 Å². The molecular formula is C15H24ClN3O. The number of aryl methyl sites for hydroxylation is 1. The largest absolute Gasteiger partial charge is 0.326 e. The highest BCUT2D eigenvalue weighted by atomic mass is 35.5. The Balaban J connectivity index is 2.22. The molecular weight excluding hydrogens is 274 g/mol. The van der Waals surface area contributed by atoms with Crippen molar-refractivity contribution in [2.45, 2.75) is 19.8 Å². The van der Waals surface area contributed by atoms with Crippen molar-refractivity contribution in [1.82, 2.24) is 10.2 Å². The Bertz CT molecular complexity index is 435. The number of anilines is 1. The molecule has 4 nitrogen and oxygen atoms in total. The average molecular weight is 298 g/mol. The van der Waals surface area contributed by atoms with E-state index in [1.165, 1.54) is 0 Å². The van der Waals surface area contributed by atoms with Crippen molar-refractivity contribution in [2.75, 3.05) is 39.0 Å². The van der Waals surface area contributed by atoms with Gasteiger partial charge in [0.15, 0.2) is 0 Å². The highest BCUT2D eigenvalue weighted by Gasteiger charge is 2.05. The van der Waals surface area contributed by atoms with Crippen LogP contribution in [-0.2, 0) is 4.79 Å². The second kappa shape index (κ2) is 8.95. The van der Waals surface area contributed by atoms with Gasteiger partial charge in [-0.1, -0.05) is 17.7 Å². The highest BCUT2D eigenvalue weighted by Crippen LogP contribution is 2.20. The molecule has 1 aromatic rings. The molecule has 1 amide bonds. The van der Waals surface area contributed by atoms with Gasteiger partial charge in [-0.25, -0.2) is 0 Å². The molecule has 0 aromatic heterocycles. The zero-order chi connectivity index (χ0) is 15.0. The minimum atomic E-state index is 0.00970. The first-order chi connectivity index (χ1) is 9.49. The summed E-state index contributed by atoms with van der Waals surface area (Å²) in [5.74, 6) is 0.00970. The molecule has 0 atom stereocenters. The first-order valence-corrected chi connectivity index (χ1v) is 7.28. The summed E-state index contributed by atoms with van der Waals surface area (Å²) in [7, 11) is 4.11. The number of hydrogen-bond acceptors (Lipinski definition) is 3. The van der Waals surface area contributed by atoms with E-state index in [9.17, 15) is 4.79 Å². The number of rotatable bonds is 8. The Hall–Kier alpha value is -1.10. The number of carbonyl (C=O) groups excluding carboxylic acids is 1. The molecule has 0 spiro atoms. The lowest BCUT2D eigenvalue weighted by molar-refractivity contribution is -0.116. The maximum absolute atomic E-state index is 11.8. The van der Waals surface area contributed by atoms with Gasteiger partial charge in [0.2, 0.25) is 5.91 Å². The quantitative estimate of drug-likeness (QED) is 0.725. The smallest absolute Gasteiger partial charge is 0.225 e. The Morgan fingerprint density at radius 1 is 1.30 bits per heavy atom. The highest BCUT2D eigenvalue weighted by molar-refractivity contribution is 6.31. The molecule has 0 aliphatic rings. The number of amides is 1. The minimum Gasteiger partial charge on any atom is -0.326 e.